The fourth-order valence-corrected chi connectivity index (χ4v) is 2.51. The van der Waals surface area contributed by atoms with Crippen LogP contribution in [0.1, 0.15) is 13.8 Å². The number of hydrogen-bond donors (Lipinski definition) is 0. The molecule has 0 bridgehead atoms. The quantitative estimate of drug-likeness (QED) is 0.198. The molecule has 10 nitrogen and oxygen atoms in total. The number of non-ortho nitro benzene ring substituents is 1. The molecule has 0 heterocycles. The van der Waals surface area contributed by atoms with Crippen LogP contribution in [0, 0.1) is 17.5 Å². The van der Waals surface area contributed by atoms with Gasteiger partial charge in [-0.2, -0.15) is 16.8 Å². The Morgan fingerprint density at radius 1 is 0.929 bits per heavy atom. The van der Waals surface area contributed by atoms with E-state index < -0.39 is 25.2 Å². The molecule has 1 rings (SSSR count). The molecule has 1 radical (unpaired) electrons. The van der Waals surface area contributed by atoms with E-state index in [4.69, 9.17) is 0 Å². The third-order valence-corrected chi connectivity index (χ3v) is 3.93. The van der Waals surface area contributed by atoms with Crippen LogP contribution in [0.4, 0.5) is 11.4 Å². The van der Waals surface area contributed by atoms with E-state index in [0.717, 1.165) is 12.5 Å². The van der Waals surface area contributed by atoms with Crippen molar-refractivity contribution in [2.75, 3.05) is 43.7 Å². The van der Waals surface area contributed by atoms with E-state index in [1.165, 1.54) is 24.3 Å². The first-order valence-corrected chi connectivity index (χ1v) is 11.3. The van der Waals surface area contributed by atoms with Gasteiger partial charge in [0, 0.05) is 63.6 Å². The normalized spacial score (nSPS) is 10.6. The summed E-state index contributed by atoms with van der Waals surface area (Å²) in [7, 11) is -7.21. The monoisotopic (exact) mass is 516 g/mol. The van der Waals surface area contributed by atoms with E-state index in [1.54, 1.807) is 4.90 Å². The zero-order valence-corrected chi connectivity index (χ0v) is 21.2. The SMILES string of the molecule is CC.CS(=O)(=O)OCCN(CCOS(C)(=O)=O)c1ccc([N+](=O)[O-])cc1.[CH3-].[Y]. The van der Waals surface area contributed by atoms with Gasteiger partial charge in [0.25, 0.3) is 25.9 Å². The van der Waals surface area contributed by atoms with Gasteiger partial charge in [-0.05, 0) is 12.1 Å². The van der Waals surface area contributed by atoms with Crippen molar-refractivity contribution >= 4 is 31.6 Å². The molecule has 28 heavy (non-hydrogen) atoms. The van der Waals surface area contributed by atoms with E-state index >= 15 is 0 Å². The zero-order valence-electron chi connectivity index (χ0n) is 16.7. The Hall–Kier alpha value is -0.656. The summed E-state index contributed by atoms with van der Waals surface area (Å²) < 4.78 is 53.3. The van der Waals surface area contributed by atoms with Crippen molar-refractivity contribution < 1.29 is 62.8 Å². The Morgan fingerprint density at radius 3 is 1.57 bits per heavy atom. The summed E-state index contributed by atoms with van der Waals surface area (Å²) in [6.07, 6.45) is 1.83. The van der Waals surface area contributed by atoms with Gasteiger partial charge in [-0.1, -0.05) is 13.8 Å². The van der Waals surface area contributed by atoms with E-state index in [2.05, 4.69) is 8.37 Å². The number of nitro benzene ring substituents is 1. The van der Waals surface area contributed by atoms with Crippen molar-refractivity contribution in [1.82, 2.24) is 0 Å². The Kier molecular flexibility index (Phi) is 17.4. The molecule has 0 aliphatic heterocycles. The molecule has 1 aromatic rings. The van der Waals surface area contributed by atoms with E-state index in [0.29, 0.717) is 5.69 Å². The molecular weight excluding hydrogens is 489 g/mol. The molecule has 0 aliphatic rings. The number of benzene rings is 1. The van der Waals surface area contributed by atoms with Crippen LogP contribution in [0.25, 0.3) is 0 Å². The second-order valence-corrected chi connectivity index (χ2v) is 8.10. The van der Waals surface area contributed by atoms with Crippen LogP contribution in [0.3, 0.4) is 0 Å². The minimum atomic E-state index is -3.61. The number of nitro groups is 1. The fraction of sp³-hybridized carbons (Fsp3) is 0.533. The van der Waals surface area contributed by atoms with Gasteiger partial charge in [-0.15, -0.1) is 0 Å². The van der Waals surface area contributed by atoms with Crippen LogP contribution >= 0.6 is 0 Å². The zero-order chi connectivity index (χ0) is 20.4. The topological polar surface area (TPSA) is 133 Å². The molecule has 13 heteroatoms. The molecule has 0 saturated carbocycles. The molecule has 0 unspecified atom stereocenters. The predicted octanol–water partition coefficient (Wildman–Crippen LogP) is 1.83. The average Bonchev–Trinajstić information content (AvgIpc) is 2.53. The summed E-state index contributed by atoms with van der Waals surface area (Å²) in [5.41, 5.74) is 0.438. The number of nitrogens with zero attached hydrogens (tertiary/aromatic N) is 2. The van der Waals surface area contributed by atoms with E-state index in [-0.39, 0.29) is 72.1 Å². The molecule has 0 N–H and O–H groups in total. The van der Waals surface area contributed by atoms with Gasteiger partial charge in [0.15, 0.2) is 0 Å². The van der Waals surface area contributed by atoms with Crippen molar-refractivity contribution in [3.63, 3.8) is 0 Å². The molecule has 161 valence electrons. The van der Waals surface area contributed by atoms with Gasteiger partial charge in [0.1, 0.15) is 0 Å². The molecule has 0 amide bonds. The molecular formula is C15H27N2O8S2Y-. The minimum absolute atomic E-state index is 0. The first-order valence-electron chi connectivity index (χ1n) is 7.66. The molecule has 0 saturated heterocycles. The van der Waals surface area contributed by atoms with Crippen molar-refractivity contribution in [2.45, 2.75) is 13.8 Å². The molecule has 0 aliphatic carbocycles. The van der Waals surface area contributed by atoms with Crippen LogP contribution < -0.4 is 4.90 Å². The minimum Gasteiger partial charge on any atom is -0.367 e. The second-order valence-electron chi connectivity index (χ2n) is 4.81. The summed E-state index contributed by atoms with van der Waals surface area (Å²) in [6.45, 7) is 3.93. The van der Waals surface area contributed by atoms with Crippen LogP contribution in [-0.2, 0) is 61.3 Å². The van der Waals surface area contributed by atoms with Crippen molar-refractivity contribution in [1.29, 1.82) is 0 Å². The first kappa shape index (κ1) is 32.0. The van der Waals surface area contributed by atoms with Gasteiger partial charge in [-0.3, -0.25) is 18.5 Å². The standard InChI is InChI=1S/C12H18N2O8S2.C2H6.CH3.Y/c1-23(17,18)21-9-7-13(8-10-22-24(2,19)20)11-3-5-12(6-4-11)14(15)16;1-2;;/h3-6H,7-10H2,1-2H3;1-2H3;1H3;/q;;-1;. The maximum absolute atomic E-state index is 11.0. The first-order chi connectivity index (χ1) is 12.0. The molecule has 0 spiro atoms. The third kappa shape index (κ3) is 15.3. The second kappa shape index (κ2) is 15.2. The molecule has 0 fully saturated rings. The fourth-order valence-electron chi connectivity index (χ4n) is 1.75. The number of anilines is 1. The van der Waals surface area contributed by atoms with Gasteiger partial charge in [-0.25, -0.2) is 0 Å². The average molecular weight is 516 g/mol. The van der Waals surface area contributed by atoms with Gasteiger partial charge in [0.2, 0.25) is 0 Å². The summed E-state index contributed by atoms with van der Waals surface area (Å²) in [6, 6.07) is 5.52. The summed E-state index contributed by atoms with van der Waals surface area (Å²) >= 11 is 0. The largest absolute Gasteiger partial charge is 0.367 e. The number of rotatable bonds is 10. The summed E-state index contributed by atoms with van der Waals surface area (Å²) in [4.78, 5) is 11.7. The summed E-state index contributed by atoms with van der Waals surface area (Å²) in [5.74, 6) is 0. The van der Waals surface area contributed by atoms with Crippen LogP contribution in [0.5, 0.6) is 0 Å². The van der Waals surface area contributed by atoms with Crippen LogP contribution in [0.15, 0.2) is 24.3 Å². The van der Waals surface area contributed by atoms with Crippen molar-refractivity contribution in [3.05, 3.63) is 41.8 Å². The van der Waals surface area contributed by atoms with Gasteiger partial charge in [0.05, 0.1) is 30.6 Å². The Labute approximate surface area is 192 Å². The maximum atomic E-state index is 11.0. The van der Waals surface area contributed by atoms with Gasteiger partial charge < -0.3 is 12.3 Å². The van der Waals surface area contributed by atoms with Gasteiger partial charge >= 0.3 is 0 Å². The Morgan fingerprint density at radius 2 is 1.29 bits per heavy atom. The molecule has 1 aromatic carbocycles. The van der Waals surface area contributed by atoms with E-state index in [9.17, 15) is 26.9 Å². The van der Waals surface area contributed by atoms with Crippen LogP contribution in [0.2, 0.25) is 0 Å². The van der Waals surface area contributed by atoms with Crippen molar-refractivity contribution in [2.24, 2.45) is 0 Å². The predicted molar refractivity (Wildman–Crippen MR) is 105 cm³/mol. The summed E-state index contributed by atoms with van der Waals surface area (Å²) in [5, 5.41) is 10.7. The Balaban J connectivity index is -0.00000151. The molecule has 0 aromatic heterocycles. The molecule has 0 atom stereocenters. The van der Waals surface area contributed by atoms with Crippen molar-refractivity contribution in [3.8, 4) is 0 Å². The number of hydrogen-bond acceptors (Lipinski definition) is 9. The maximum Gasteiger partial charge on any atom is 0.269 e. The van der Waals surface area contributed by atoms with Crippen LogP contribution in [-0.4, -0.2) is 60.6 Å². The smallest absolute Gasteiger partial charge is 0.269 e. The third-order valence-electron chi connectivity index (χ3n) is 2.74. The Bertz CT molecular complexity index is 730. The van der Waals surface area contributed by atoms with E-state index in [1.807, 2.05) is 13.8 Å².